The van der Waals surface area contributed by atoms with Gasteiger partial charge in [-0.05, 0) is 54.8 Å². The van der Waals surface area contributed by atoms with Crippen LogP contribution < -0.4 is 18.9 Å². The molecule has 1 atom stereocenters. The molecule has 36 heavy (non-hydrogen) atoms. The Morgan fingerprint density at radius 2 is 1.72 bits per heavy atom. The molecule has 5 rings (SSSR count). The van der Waals surface area contributed by atoms with Crippen molar-refractivity contribution in [2.24, 2.45) is 0 Å². The largest absolute Gasteiger partial charge is 0.494 e. The van der Waals surface area contributed by atoms with Crippen molar-refractivity contribution < 1.29 is 23.7 Å². The van der Waals surface area contributed by atoms with E-state index in [-0.39, 0.29) is 11.9 Å². The average molecular weight is 487 g/mol. The molecule has 0 aliphatic carbocycles. The van der Waals surface area contributed by atoms with Gasteiger partial charge >= 0.3 is 0 Å². The number of H-pyrrole nitrogens is 1. The minimum absolute atomic E-state index is 0.120. The van der Waals surface area contributed by atoms with Crippen LogP contribution in [0, 0.1) is 0 Å². The van der Waals surface area contributed by atoms with Crippen LogP contribution in [0.15, 0.2) is 60.7 Å². The van der Waals surface area contributed by atoms with Crippen LogP contribution in [0.4, 0.5) is 0 Å². The van der Waals surface area contributed by atoms with Crippen molar-refractivity contribution in [1.29, 1.82) is 0 Å². The van der Waals surface area contributed by atoms with Crippen LogP contribution >= 0.6 is 0 Å². The van der Waals surface area contributed by atoms with Crippen molar-refractivity contribution in [1.82, 2.24) is 9.88 Å². The van der Waals surface area contributed by atoms with E-state index in [1.54, 1.807) is 33.5 Å². The van der Waals surface area contributed by atoms with Crippen molar-refractivity contribution in [3.05, 3.63) is 83.0 Å². The highest BCUT2D eigenvalue weighted by atomic mass is 16.5. The Kier molecular flexibility index (Phi) is 6.46. The Bertz CT molecular complexity index is 1390. The Morgan fingerprint density at radius 3 is 2.42 bits per heavy atom. The Morgan fingerprint density at radius 1 is 0.972 bits per heavy atom. The summed E-state index contributed by atoms with van der Waals surface area (Å²) >= 11 is 0. The van der Waals surface area contributed by atoms with Gasteiger partial charge in [0.2, 0.25) is 5.75 Å². The number of carbonyl (C=O) groups excluding carboxylic acids is 1. The zero-order chi connectivity index (χ0) is 25.2. The molecule has 1 aliphatic heterocycles. The van der Waals surface area contributed by atoms with Gasteiger partial charge in [-0.3, -0.25) is 4.79 Å². The van der Waals surface area contributed by atoms with E-state index in [9.17, 15) is 4.79 Å². The number of methoxy groups -OCH3 is 3. The van der Waals surface area contributed by atoms with E-state index in [0.717, 1.165) is 28.9 Å². The molecule has 0 saturated carbocycles. The number of ether oxygens (including phenoxy) is 4. The minimum atomic E-state index is -0.312. The lowest BCUT2D eigenvalue weighted by Gasteiger charge is -2.36. The molecule has 1 aliphatic rings. The standard InChI is InChI=1S/C29H30N2O5/c1-5-36-20-10-8-9-18(15-20)27-26-22(21-11-6-7-12-23(21)30-26)13-14-31(27)29(32)19-16-24(33-2)28(35-4)25(17-19)34-3/h6-12,15-17,27,30H,5,13-14H2,1-4H3. The van der Waals surface area contributed by atoms with Crippen LogP contribution in [0.1, 0.15) is 40.1 Å². The van der Waals surface area contributed by atoms with Crippen LogP contribution in [0.3, 0.4) is 0 Å². The monoisotopic (exact) mass is 486 g/mol. The van der Waals surface area contributed by atoms with Crippen molar-refractivity contribution in [3.63, 3.8) is 0 Å². The number of rotatable bonds is 7. The first kappa shape index (κ1) is 23.6. The molecule has 3 aromatic carbocycles. The predicted molar refractivity (Wildman–Crippen MR) is 139 cm³/mol. The van der Waals surface area contributed by atoms with Crippen LogP contribution in [0.5, 0.6) is 23.0 Å². The highest BCUT2D eigenvalue weighted by molar-refractivity contribution is 5.97. The number of carbonyl (C=O) groups is 1. The summed E-state index contributed by atoms with van der Waals surface area (Å²) in [7, 11) is 4.64. The first-order valence-corrected chi connectivity index (χ1v) is 12.0. The molecule has 1 amide bonds. The molecule has 0 saturated heterocycles. The number of nitrogens with one attached hydrogen (secondary N) is 1. The third kappa shape index (κ3) is 4.00. The highest BCUT2D eigenvalue weighted by Gasteiger charge is 2.35. The summed E-state index contributed by atoms with van der Waals surface area (Å²) in [4.78, 5) is 19.6. The van der Waals surface area contributed by atoms with Crippen LogP contribution in [-0.4, -0.2) is 50.3 Å². The summed E-state index contributed by atoms with van der Waals surface area (Å²) in [6.07, 6.45) is 0.747. The van der Waals surface area contributed by atoms with Crippen molar-refractivity contribution in [2.75, 3.05) is 34.5 Å². The number of para-hydroxylation sites is 1. The average Bonchev–Trinajstić information content (AvgIpc) is 3.30. The normalized spacial score (nSPS) is 14.9. The number of hydrogen-bond acceptors (Lipinski definition) is 5. The number of benzene rings is 3. The summed E-state index contributed by atoms with van der Waals surface area (Å²) < 4.78 is 22.3. The molecule has 1 N–H and O–H groups in total. The van der Waals surface area contributed by atoms with Gasteiger partial charge in [0.05, 0.1) is 34.0 Å². The van der Waals surface area contributed by atoms with Crippen molar-refractivity contribution in [2.45, 2.75) is 19.4 Å². The lowest BCUT2D eigenvalue weighted by atomic mass is 9.91. The molecule has 186 valence electrons. The van der Waals surface area contributed by atoms with Gasteiger partial charge in [-0.1, -0.05) is 30.3 Å². The summed E-state index contributed by atoms with van der Waals surface area (Å²) in [6.45, 7) is 3.09. The van der Waals surface area contributed by atoms with Gasteiger partial charge in [0.15, 0.2) is 11.5 Å². The molecule has 1 unspecified atom stereocenters. The van der Waals surface area contributed by atoms with E-state index in [0.29, 0.717) is 36.0 Å². The van der Waals surface area contributed by atoms with Gasteiger partial charge in [0.25, 0.3) is 5.91 Å². The first-order valence-electron chi connectivity index (χ1n) is 12.0. The molecular formula is C29H30N2O5. The Hall–Kier alpha value is -4.13. The molecule has 2 heterocycles. The second-order valence-corrected chi connectivity index (χ2v) is 8.63. The number of amides is 1. The predicted octanol–water partition coefficient (Wildman–Crippen LogP) is 5.38. The lowest BCUT2D eigenvalue weighted by molar-refractivity contribution is 0.0691. The fourth-order valence-electron chi connectivity index (χ4n) is 5.12. The summed E-state index contributed by atoms with van der Waals surface area (Å²) in [6, 6.07) is 19.4. The molecule has 4 aromatic rings. The maximum absolute atomic E-state index is 14.1. The van der Waals surface area contributed by atoms with Crippen LogP contribution in [-0.2, 0) is 6.42 Å². The second-order valence-electron chi connectivity index (χ2n) is 8.63. The fourth-order valence-corrected chi connectivity index (χ4v) is 5.12. The second kappa shape index (κ2) is 9.85. The van der Waals surface area contributed by atoms with Crippen LogP contribution in [0.25, 0.3) is 10.9 Å². The number of nitrogens with zero attached hydrogens (tertiary/aromatic N) is 1. The quantitative estimate of drug-likeness (QED) is 0.380. The third-order valence-corrected chi connectivity index (χ3v) is 6.69. The number of fused-ring (bicyclic) bond motifs is 3. The SMILES string of the molecule is CCOc1cccc(C2c3[nH]c4ccccc4c3CCN2C(=O)c2cc(OC)c(OC)c(OC)c2)c1. The first-order chi connectivity index (χ1) is 17.6. The maximum Gasteiger partial charge on any atom is 0.254 e. The van der Waals surface area contributed by atoms with Gasteiger partial charge in [0.1, 0.15) is 5.75 Å². The topological polar surface area (TPSA) is 73.0 Å². The van der Waals surface area contributed by atoms with Crippen molar-refractivity contribution >= 4 is 16.8 Å². The number of aromatic amines is 1. The Balaban J connectivity index is 1.65. The fraction of sp³-hybridized carbons (Fsp3) is 0.276. The Labute approximate surface area is 210 Å². The number of hydrogen-bond donors (Lipinski definition) is 1. The van der Waals surface area contributed by atoms with Gasteiger partial charge in [-0.2, -0.15) is 0 Å². The maximum atomic E-state index is 14.1. The van der Waals surface area contributed by atoms with Gasteiger partial charge in [-0.25, -0.2) is 0 Å². The molecule has 0 spiro atoms. The zero-order valence-electron chi connectivity index (χ0n) is 21.0. The van der Waals surface area contributed by atoms with E-state index >= 15 is 0 Å². The van der Waals surface area contributed by atoms with Crippen molar-refractivity contribution in [3.8, 4) is 23.0 Å². The van der Waals surface area contributed by atoms with E-state index in [1.807, 2.05) is 42.2 Å². The molecule has 0 bridgehead atoms. The van der Waals surface area contributed by atoms with Gasteiger partial charge in [0, 0.05) is 28.7 Å². The van der Waals surface area contributed by atoms with E-state index in [4.69, 9.17) is 18.9 Å². The summed E-state index contributed by atoms with van der Waals surface area (Å²) in [5.41, 5.74) is 4.78. The third-order valence-electron chi connectivity index (χ3n) is 6.69. The molecular weight excluding hydrogens is 456 g/mol. The van der Waals surface area contributed by atoms with E-state index in [1.165, 1.54) is 10.9 Å². The lowest BCUT2D eigenvalue weighted by Crippen LogP contribution is -2.40. The minimum Gasteiger partial charge on any atom is -0.494 e. The molecule has 1 aromatic heterocycles. The smallest absolute Gasteiger partial charge is 0.254 e. The number of aromatic nitrogens is 1. The summed E-state index contributed by atoms with van der Waals surface area (Å²) in [5.74, 6) is 2.00. The summed E-state index contributed by atoms with van der Waals surface area (Å²) in [5, 5.41) is 1.19. The zero-order valence-corrected chi connectivity index (χ0v) is 21.0. The highest BCUT2D eigenvalue weighted by Crippen LogP contribution is 2.42. The molecule has 0 radical (unpaired) electrons. The molecule has 0 fully saturated rings. The van der Waals surface area contributed by atoms with E-state index < -0.39 is 0 Å². The van der Waals surface area contributed by atoms with E-state index in [2.05, 4.69) is 23.2 Å². The molecule has 7 nitrogen and oxygen atoms in total. The van der Waals surface area contributed by atoms with Gasteiger partial charge < -0.3 is 28.8 Å². The van der Waals surface area contributed by atoms with Crippen LogP contribution in [0.2, 0.25) is 0 Å². The van der Waals surface area contributed by atoms with Gasteiger partial charge in [-0.15, -0.1) is 0 Å². The molecule has 7 heteroatoms.